The summed E-state index contributed by atoms with van der Waals surface area (Å²) >= 11 is 5.94. The molecule has 0 radical (unpaired) electrons. The van der Waals surface area contributed by atoms with E-state index in [1.807, 2.05) is 0 Å². The Bertz CT molecular complexity index is 748. The van der Waals surface area contributed by atoms with Crippen molar-refractivity contribution < 1.29 is 23.8 Å². The van der Waals surface area contributed by atoms with Crippen molar-refractivity contribution in [2.75, 3.05) is 26.1 Å². The number of ether oxygens (including phenoxy) is 3. The van der Waals surface area contributed by atoms with Gasteiger partial charge in [-0.25, -0.2) is 4.79 Å². The predicted molar refractivity (Wildman–Crippen MR) is 89.9 cm³/mol. The Morgan fingerprint density at radius 1 is 1.04 bits per heavy atom. The first-order valence-electron chi connectivity index (χ1n) is 6.98. The zero-order valence-electron chi connectivity index (χ0n) is 13.2. The van der Waals surface area contributed by atoms with Crippen molar-refractivity contribution in [3.63, 3.8) is 0 Å². The van der Waals surface area contributed by atoms with Gasteiger partial charge in [0.15, 0.2) is 18.1 Å². The Kier molecular flexibility index (Phi) is 6.03. The molecule has 0 atom stereocenters. The highest BCUT2D eigenvalue weighted by atomic mass is 35.5. The highest BCUT2D eigenvalue weighted by Crippen LogP contribution is 2.27. The highest BCUT2D eigenvalue weighted by Gasteiger charge is 2.14. The molecule has 0 aliphatic carbocycles. The number of benzene rings is 2. The largest absolute Gasteiger partial charge is 0.493 e. The van der Waals surface area contributed by atoms with Crippen LogP contribution in [0.25, 0.3) is 0 Å². The molecule has 126 valence electrons. The second-order valence-corrected chi connectivity index (χ2v) is 5.08. The smallest absolute Gasteiger partial charge is 0.338 e. The summed E-state index contributed by atoms with van der Waals surface area (Å²) in [4.78, 5) is 23.8. The van der Waals surface area contributed by atoms with Gasteiger partial charge in [-0.2, -0.15) is 0 Å². The summed E-state index contributed by atoms with van der Waals surface area (Å²) in [6.45, 7) is -0.432. The number of halogens is 1. The number of para-hydroxylation sites is 1. The van der Waals surface area contributed by atoms with E-state index in [4.69, 9.17) is 25.8 Å². The van der Waals surface area contributed by atoms with Crippen LogP contribution in [0.1, 0.15) is 10.4 Å². The molecule has 0 saturated heterocycles. The number of methoxy groups -OCH3 is 2. The molecule has 7 heteroatoms. The molecule has 24 heavy (non-hydrogen) atoms. The third-order valence-corrected chi connectivity index (χ3v) is 3.43. The van der Waals surface area contributed by atoms with Gasteiger partial charge in [-0.15, -0.1) is 0 Å². The molecular formula is C17H16ClNO5. The number of hydrogen-bond donors (Lipinski definition) is 1. The van der Waals surface area contributed by atoms with Crippen LogP contribution in [-0.2, 0) is 9.53 Å². The molecule has 0 aliphatic heterocycles. The topological polar surface area (TPSA) is 73.9 Å². The maximum Gasteiger partial charge on any atom is 0.338 e. The van der Waals surface area contributed by atoms with E-state index in [1.165, 1.54) is 26.4 Å². The highest BCUT2D eigenvalue weighted by molar-refractivity contribution is 6.33. The number of amides is 1. The van der Waals surface area contributed by atoms with E-state index < -0.39 is 18.5 Å². The van der Waals surface area contributed by atoms with E-state index in [0.717, 1.165) is 0 Å². The first-order chi connectivity index (χ1) is 11.5. The van der Waals surface area contributed by atoms with Gasteiger partial charge < -0.3 is 19.5 Å². The predicted octanol–water partition coefficient (Wildman–Crippen LogP) is 3.15. The van der Waals surface area contributed by atoms with Crippen LogP contribution in [-0.4, -0.2) is 32.7 Å². The van der Waals surface area contributed by atoms with Gasteiger partial charge in [0.25, 0.3) is 5.91 Å². The first-order valence-corrected chi connectivity index (χ1v) is 7.36. The zero-order valence-corrected chi connectivity index (χ0v) is 13.9. The lowest BCUT2D eigenvalue weighted by Crippen LogP contribution is -2.21. The molecule has 6 nitrogen and oxygen atoms in total. The molecule has 0 unspecified atom stereocenters. The van der Waals surface area contributed by atoms with Gasteiger partial charge in [0.1, 0.15) is 0 Å². The summed E-state index contributed by atoms with van der Waals surface area (Å²) < 4.78 is 15.2. The monoisotopic (exact) mass is 349 g/mol. The van der Waals surface area contributed by atoms with Gasteiger partial charge in [-0.1, -0.05) is 23.7 Å². The van der Waals surface area contributed by atoms with Gasteiger partial charge in [0.2, 0.25) is 0 Å². The van der Waals surface area contributed by atoms with Crippen molar-refractivity contribution in [1.82, 2.24) is 0 Å². The number of rotatable bonds is 6. The molecule has 1 amide bonds. The van der Waals surface area contributed by atoms with Crippen LogP contribution in [0.15, 0.2) is 42.5 Å². The normalized spacial score (nSPS) is 9.96. The second kappa shape index (κ2) is 8.21. The van der Waals surface area contributed by atoms with E-state index in [-0.39, 0.29) is 5.56 Å². The maximum atomic E-state index is 12.0. The lowest BCUT2D eigenvalue weighted by molar-refractivity contribution is -0.119. The molecule has 0 bridgehead atoms. The lowest BCUT2D eigenvalue weighted by atomic mass is 10.2. The van der Waals surface area contributed by atoms with Crippen LogP contribution in [0.5, 0.6) is 11.5 Å². The van der Waals surface area contributed by atoms with E-state index in [1.54, 1.807) is 30.3 Å². The molecule has 1 N–H and O–H groups in total. The van der Waals surface area contributed by atoms with Gasteiger partial charge in [-0.3, -0.25) is 4.79 Å². The summed E-state index contributed by atoms with van der Waals surface area (Å²) in [7, 11) is 2.96. The molecule has 0 fully saturated rings. The fourth-order valence-corrected chi connectivity index (χ4v) is 2.11. The summed E-state index contributed by atoms with van der Waals surface area (Å²) in [6, 6.07) is 11.4. The molecular weight excluding hydrogens is 334 g/mol. The van der Waals surface area contributed by atoms with Gasteiger partial charge >= 0.3 is 5.97 Å². The Hall–Kier alpha value is -2.73. The average Bonchev–Trinajstić information content (AvgIpc) is 2.61. The summed E-state index contributed by atoms with van der Waals surface area (Å²) in [5, 5.41) is 2.97. The molecule has 2 rings (SSSR count). The van der Waals surface area contributed by atoms with E-state index in [0.29, 0.717) is 22.2 Å². The Morgan fingerprint density at radius 3 is 2.42 bits per heavy atom. The summed E-state index contributed by atoms with van der Waals surface area (Å²) in [6.07, 6.45) is 0. The minimum atomic E-state index is -0.648. The third kappa shape index (κ3) is 4.39. The average molecular weight is 350 g/mol. The standard InChI is InChI=1S/C17H16ClNO5/c1-22-14-8-7-11(9-15(14)23-2)17(21)24-10-16(20)19-13-6-4-3-5-12(13)18/h3-9H,10H2,1-2H3,(H,19,20). The van der Waals surface area contributed by atoms with Crippen LogP contribution in [0.4, 0.5) is 5.69 Å². The molecule has 2 aromatic carbocycles. The number of hydrogen-bond acceptors (Lipinski definition) is 5. The SMILES string of the molecule is COc1ccc(C(=O)OCC(=O)Nc2ccccc2Cl)cc1OC. The van der Waals surface area contributed by atoms with E-state index in [9.17, 15) is 9.59 Å². The maximum absolute atomic E-state index is 12.0. The minimum absolute atomic E-state index is 0.248. The molecule has 2 aromatic rings. The quantitative estimate of drug-likeness (QED) is 0.811. The van der Waals surface area contributed by atoms with Crippen LogP contribution in [0.2, 0.25) is 5.02 Å². The number of esters is 1. The Balaban J connectivity index is 1.95. The van der Waals surface area contributed by atoms with Crippen LogP contribution < -0.4 is 14.8 Å². The summed E-state index contributed by atoms with van der Waals surface area (Å²) in [5.41, 5.74) is 0.699. The molecule has 0 saturated carbocycles. The Morgan fingerprint density at radius 2 is 1.75 bits per heavy atom. The molecule has 0 spiro atoms. The van der Waals surface area contributed by atoms with Crippen molar-refractivity contribution in [2.24, 2.45) is 0 Å². The van der Waals surface area contributed by atoms with E-state index in [2.05, 4.69) is 5.32 Å². The lowest BCUT2D eigenvalue weighted by Gasteiger charge is -2.10. The van der Waals surface area contributed by atoms with Crippen LogP contribution >= 0.6 is 11.6 Å². The number of anilines is 1. The molecule has 0 aliphatic rings. The molecule has 0 aromatic heterocycles. The fourth-order valence-electron chi connectivity index (χ4n) is 1.93. The van der Waals surface area contributed by atoms with Crippen molar-refractivity contribution in [1.29, 1.82) is 0 Å². The van der Waals surface area contributed by atoms with Crippen molar-refractivity contribution in [3.8, 4) is 11.5 Å². The van der Waals surface area contributed by atoms with Gasteiger partial charge in [-0.05, 0) is 30.3 Å². The van der Waals surface area contributed by atoms with Gasteiger partial charge in [0, 0.05) is 0 Å². The van der Waals surface area contributed by atoms with E-state index >= 15 is 0 Å². The second-order valence-electron chi connectivity index (χ2n) is 4.67. The van der Waals surface area contributed by atoms with Crippen molar-refractivity contribution >= 4 is 29.2 Å². The van der Waals surface area contributed by atoms with Crippen molar-refractivity contribution in [3.05, 3.63) is 53.1 Å². The first kappa shape index (κ1) is 17.6. The summed E-state index contributed by atoms with van der Waals surface area (Å²) in [5.74, 6) is -0.250. The fraction of sp³-hybridized carbons (Fsp3) is 0.176. The number of nitrogens with one attached hydrogen (secondary N) is 1. The minimum Gasteiger partial charge on any atom is -0.493 e. The zero-order chi connectivity index (χ0) is 17.5. The van der Waals surface area contributed by atoms with Crippen molar-refractivity contribution in [2.45, 2.75) is 0 Å². The van der Waals surface area contributed by atoms with Crippen LogP contribution in [0, 0.1) is 0 Å². The Labute approximate surface area is 144 Å². The number of carbonyl (C=O) groups excluding carboxylic acids is 2. The van der Waals surface area contributed by atoms with Gasteiger partial charge in [0.05, 0.1) is 30.5 Å². The number of carbonyl (C=O) groups is 2. The third-order valence-electron chi connectivity index (χ3n) is 3.10. The molecule has 0 heterocycles. The van der Waals surface area contributed by atoms with Crippen LogP contribution in [0.3, 0.4) is 0 Å².